The van der Waals surface area contributed by atoms with Crippen molar-refractivity contribution in [2.75, 3.05) is 18.0 Å². The van der Waals surface area contributed by atoms with Gasteiger partial charge in [0.1, 0.15) is 11.8 Å². The van der Waals surface area contributed by atoms with Crippen molar-refractivity contribution in [1.29, 1.82) is 0 Å². The van der Waals surface area contributed by atoms with E-state index < -0.39 is 12.7 Å². The van der Waals surface area contributed by atoms with Gasteiger partial charge in [-0.15, -0.1) is 12.4 Å². The summed E-state index contributed by atoms with van der Waals surface area (Å²) in [7, 11) is 0. The van der Waals surface area contributed by atoms with Crippen molar-refractivity contribution >= 4 is 29.9 Å². The Morgan fingerprint density at radius 1 is 1.36 bits per heavy atom. The Morgan fingerprint density at radius 3 is 2.64 bits per heavy atom. The van der Waals surface area contributed by atoms with Crippen LogP contribution in [0.15, 0.2) is 24.3 Å². The molecule has 140 valence electrons. The summed E-state index contributed by atoms with van der Waals surface area (Å²) in [6.45, 7) is -1.95. The highest BCUT2D eigenvalue weighted by Gasteiger charge is 2.30. The third-order valence-corrected chi connectivity index (χ3v) is 3.76. The van der Waals surface area contributed by atoms with Gasteiger partial charge in [0.15, 0.2) is 0 Å². The Hall–Kier alpha value is -1.93. The van der Waals surface area contributed by atoms with Crippen LogP contribution in [0.1, 0.15) is 25.7 Å². The van der Waals surface area contributed by atoms with E-state index in [2.05, 4.69) is 10.1 Å². The molecule has 1 aliphatic rings. The van der Waals surface area contributed by atoms with E-state index in [0.29, 0.717) is 38.0 Å². The summed E-state index contributed by atoms with van der Waals surface area (Å²) in [5.74, 6) is -0.365. The molecule has 0 radical (unpaired) electrons. The number of hydrogen-bond donors (Lipinski definition) is 2. The van der Waals surface area contributed by atoms with Crippen LogP contribution in [0.5, 0.6) is 5.75 Å². The molecule has 1 saturated heterocycles. The number of anilines is 1. The van der Waals surface area contributed by atoms with Crippen molar-refractivity contribution < 1.29 is 23.1 Å². The lowest BCUT2D eigenvalue weighted by Crippen LogP contribution is -2.52. The molecule has 0 aromatic heterocycles. The third-order valence-electron chi connectivity index (χ3n) is 3.76. The van der Waals surface area contributed by atoms with Crippen LogP contribution >= 0.6 is 12.4 Å². The second-order valence-corrected chi connectivity index (χ2v) is 5.52. The number of carbonyl (C=O) groups excluding carboxylic acids is 2. The van der Waals surface area contributed by atoms with E-state index in [1.54, 1.807) is 17.0 Å². The normalized spacial score (nSPS) is 17.2. The van der Waals surface area contributed by atoms with Crippen LogP contribution in [0.3, 0.4) is 0 Å². The average Bonchev–Trinajstić information content (AvgIpc) is 2.55. The Balaban J connectivity index is 0.00000312. The summed E-state index contributed by atoms with van der Waals surface area (Å²) in [5.41, 5.74) is 5.95. The highest BCUT2D eigenvalue weighted by atomic mass is 35.5. The molecule has 0 saturated carbocycles. The van der Waals surface area contributed by atoms with Crippen molar-refractivity contribution in [3.05, 3.63) is 24.3 Å². The van der Waals surface area contributed by atoms with Gasteiger partial charge < -0.3 is 20.7 Å². The first-order chi connectivity index (χ1) is 11.5. The second kappa shape index (κ2) is 10.1. The van der Waals surface area contributed by atoms with Crippen LogP contribution in [0, 0.1) is 0 Å². The first kappa shape index (κ1) is 21.1. The molecular weight excluding hydrogens is 356 g/mol. The van der Waals surface area contributed by atoms with Gasteiger partial charge in [-0.25, -0.2) is 0 Å². The fourth-order valence-corrected chi connectivity index (χ4v) is 2.60. The van der Waals surface area contributed by atoms with E-state index in [1.807, 2.05) is 0 Å². The molecule has 1 aliphatic heterocycles. The number of nitrogens with zero attached hydrogens (tertiary/aromatic N) is 1. The third kappa shape index (κ3) is 6.13. The first-order valence-corrected chi connectivity index (χ1v) is 7.87. The number of carbonyl (C=O) groups is 2. The molecule has 2 amide bonds. The molecule has 9 heteroatoms. The van der Waals surface area contributed by atoms with Crippen LogP contribution in [-0.2, 0) is 9.59 Å². The lowest BCUT2D eigenvalue weighted by atomic mass is 10.0. The largest absolute Gasteiger partial charge is 0.435 e. The minimum Gasteiger partial charge on any atom is -0.435 e. The number of rotatable bonds is 7. The SMILES string of the molecule is Cl.NCCCC(=O)NC1CCCN(c2ccc(OC(F)F)cc2)C1=O. The molecule has 1 aromatic carbocycles. The predicted molar refractivity (Wildman–Crippen MR) is 92.1 cm³/mol. The van der Waals surface area contributed by atoms with Gasteiger partial charge in [0.05, 0.1) is 0 Å². The smallest absolute Gasteiger partial charge is 0.387 e. The van der Waals surface area contributed by atoms with E-state index in [9.17, 15) is 18.4 Å². The lowest BCUT2D eigenvalue weighted by molar-refractivity contribution is -0.128. The average molecular weight is 378 g/mol. The fourth-order valence-electron chi connectivity index (χ4n) is 2.60. The topological polar surface area (TPSA) is 84.7 Å². The Kier molecular flexibility index (Phi) is 8.57. The quantitative estimate of drug-likeness (QED) is 0.761. The number of nitrogens with two attached hydrogens (primary N) is 1. The number of hydrogen-bond acceptors (Lipinski definition) is 4. The molecule has 0 spiro atoms. The van der Waals surface area contributed by atoms with Gasteiger partial charge in [-0.05, 0) is 50.1 Å². The summed E-state index contributed by atoms with van der Waals surface area (Å²) in [5, 5.41) is 2.73. The van der Waals surface area contributed by atoms with Gasteiger partial charge in [0.2, 0.25) is 11.8 Å². The van der Waals surface area contributed by atoms with Gasteiger partial charge in [0.25, 0.3) is 0 Å². The Bertz CT molecular complexity index is 572. The Morgan fingerprint density at radius 2 is 2.04 bits per heavy atom. The van der Waals surface area contributed by atoms with Gasteiger partial charge in [-0.3, -0.25) is 9.59 Å². The van der Waals surface area contributed by atoms with Crippen LogP contribution in [0.25, 0.3) is 0 Å². The van der Waals surface area contributed by atoms with Gasteiger partial charge >= 0.3 is 6.61 Å². The van der Waals surface area contributed by atoms with Crippen molar-refractivity contribution in [3.63, 3.8) is 0 Å². The minimum absolute atomic E-state index is 0. The van der Waals surface area contributed by atoms with Crippen molar-refractivity contribution in [1.82, 2.24) is 5.32 Å². The second-order valence-electron chi connectivity index (χ2n) is 5.52. The summed E-state index contributed by atoms with van der Waals surface area (Å²) in [6.07, 6.45) is 2.18. The molecule has 1 atom stereocenters. The number of alkyl halides is 2. The molecule has 6 nitrogen and oxygen atoms in total. The molecular formula is C16H22ClF2N3O3. The maximum absolute atomic E-state index is 12.5. The van der Waals surface area contributed by atoms with Crippen LogP contribution in [0.4, 0.5) is 14.5 Å². The van der Waals surface area contributed by atoms with E-state index >= 15 is 0 Å². The van der Waals surface area contributed by atoms with Crippen molar-refractivity contribution in [2.45, 2.75) is 38.3 Å². The molecule has 1 aromatic rings. The standard InChI is InChI=1S/C16H21F2N3O3.ClH/c17-16(18)24-12-7-5-11(6-8-12)21-10-2-3-13(15(21)23)20-14(22)4-1-9-19;/h5-8,13,16H,1-4,9-10,19H2,(H,20,22);1H. The van der Waals surface area contributed by atoms with E-state index in [4.69, 9.17) is 5.73 Å². The molecule has 0 aliphatic carbocycles. The first-order valence-electron chi connectivity index (χ1n) is 7.87. The highest BCUT2D eigenvalue weighted by Crippen LogP contribution is 2.24. The predicted octanol–water partition coefficient (Wildman–Crippen LogP) is 2.06. The van der Waals surface area contributed by atoms with Crippen LogP contribution in [-0.4, -0.2) is 37.6 Å². The van der Waals surface area contributed by atoms with Gasteiger partial charge in [-0.1, -0.05) is 0 Å². The maximum atomic E-state index is 12.5. The summed E-state index contributed by atoms with van der Waals surface area (Å²) in [6, 6.07) is 5.31. The molecule has 25 heavy (non-hydrogen) atoms. The highest BCUT2D eigenvalue weighted by molar-refractivity contribution is 5.99. The van der Waals surface area contributed by atoms with Gasteiger partial charge in [0, 0.05) is 18.7 Å². The number of nitrogens with one attached hydrogen (secondary N) is 1. The van der Waals surface area contributed by atoms with E-state index in [-0.39, 0.29) is 30.0 Å². The summed E-state index contributed by atoms with van der Waals surface area (Å²) >= 11 is 0. The molecule has 3 N–H and O–H groups in total. The zero-order valence-corrected chi connectivity index (χ0v) is 14.4. The molecule has 1 fully saturated rings. The number of benzene rings is 1. The van der Waals surface area contributed by atoms with Crippen molar-refractivity contribution in [3.8, 4) is 5.75 Å². The number of ether oxygens (including phenoxy) is 1. The Labute approximate surface area is 151 Å². The summed E-state index contributed by atoms with van der Waals surface area (Å²) in [4.78, 5) is 25.9. The van der Waals surface area contributed by atoms with Crippen molar-refractivity contribution in [2.24, 2.45) is 5.73 Å². The van der Waals surface area contributed by atoms with E-state index in [1.165, 1.54) is 12.1 Å². The lowest BCUT2D eigenvalue weighted by Gasteiger charge is -2.32. The number of piperidine rings is 1. The zero-order chi connectivity index (χ0) is 17.5. The maximum Gasteiger partial charge on any atom is 0.387 e. The zero-order valence-electron chi connectivity index (χ0n) is 13.6. The molecule has 2 rings (SSSR count). The van der Waals surface area contributed by atoms with Crippen LogP contribution in [0.2, 0.25) is 0 Å². The molecule has 0 bridgehead atoms. The molecule has 1 heterocycles. The monoisotopic (exact) mass is 377 g/mol. The number of amides is 2. The summed E-state index contributed by atoms with van der Waals surface area (Å²) < 4.78 is 28.6. The van der Waals surface area contributed by atoms with Gasteiger partial charge in [-0.2, -0.15) is 8.78 Å². The van der Waals surface area contributed by atoms with E-state index in [0.717, 1.165) is 6.42 Å². The van der Waals surface area contributed by atoms with Crippen LogP contribution < -0.4 is 20.7 Å². The minimum atomic E-state index is -2.89. The number of halogens is 3. The molecule has 1 unspecified atom stereocenters. The fraction of sp³-hybridized carbons (Fsp3) is 0.500.